The Morgan fingerprint density at radius 1 is 0.982 bits per heavy atom. The van der Waals surface area contributed by atoms with Gasteiger partial charge in [-0.15, -0.1) is 0 Å². The average molecular weight is 783 g/mol. The fraction of sp³-hybridized carbons (Fsp3) is 0.206. The first-order chi connectivity index (χ1) is 25.7. The van der Waals surface area contributed by atoms with Crippen LogP contribution < -0.4 is 33.0 Å². The third-order valence-electron chi connectivity index (χ3n) is 6.32. The molecule has 1 aromatic heterocycles. The second kappa shape index (κ2) is 22.2. The maximum atomic E-state index is 13.5. The molecule has 10 N–H and O–H groups in total. The molecule has 3 aromatic carbocycles. The smallest absolute Gasteiger partial charge is 0.483 e. The summed E-state index contributed by atoms with van der Waals surface area (Å²) in [5, 5.41) is 30.2. The molecule has 296 valence electrons. The summed E-state index contributed by atoms with van der Waals surface area (Å²) in [6.07, 6.45) is -3.59. The Labute approximate surface area is 308 Å². The summed E-state index contributed by atoms with van der Waals surface area (Å²) in [6, 6.07) is 20.6. The average Bonchev–Trinajstić information content (AvgIpc) is 3.09. The molecule has 0 spiro atoms. The van der Waals surface area contributed by atoms with Crippen LogP contribution in [0.3, 0.4) is 0 Å². The van der Waals surface area contributed by atoms with Crippen LogP contribution in [0.4, 0.5) is 43.5 Å². The van der Waals surface area contributed by atoms with Gasteiger partial charge >= 0.3 is 18.8 Å². The molecule has 4 aromatic rings. The number of halogens is 6. The topological polar surface area (TPSA) is 256 Å². The Hall–Kier alpha value is -6.93. The van der Waals surface area contributed by atoms with E-state index in [1.54, 1.807) is 66.7 Å². The van der Waals surface area contributed by atoms with Crippen LogP contribution in [0.5, 0.6) is 0 Å². The van der Waals surface area contributed by atoms with E-state index in [-0.39, 0.29) is 43.2 Å². The minimum Gasteiger partial charge on any atom is -0.483 e. The number of alkyl halides is 6. The summed E-state index contributed by atoms with van der Waals surface area (Å²) in [5.74, 6) is -3.40. The summed E-state index contributed by atoms with van der Waals surface area (Å²) in [7, 11) is 0. The molecule has 15 nitrogen and oxygen atoms in total. The van der Waals surface area contributed by atoms with E-state index >= 15 is 0 Å². The number of hydrogen-bond acceptors (Lipinski definition) is 9. The van der Waals surface area contributed by atoms with E-state index in [2.05, 4.69) is 20.9 Å². The molecule has 2 amide bonds. The summed E-state index contributed by atoms with van der Waals surface area (Å²) in [5.41, 5.74) is 14.7. The van der Waals surface area contributed by atoms with Gasteiger partial charge in [-0.05, 0) is 49.7 Å². The summed E-state index contributed by atoms with van der Waals surface area (Å²) >= 11 is 0. The second-order valence-corrected chi connectivity index (χ2v) is 10.9. The number of nitrogens with two attached hydrogens (primary N) is 2. The van der Waals surface area contributed by atoms with E-state index in [0.29, 0.717) is 33.8 Å². The maximum absolute atomic E-state index is 13.5. The maximum Gasteiger partial charge on any atom is 0.490 e. The fourth-order valence-corrected chi connectivity index (χ4v) is 4.11. The minimum absolute atomic E-state index is 0.0414. The van der Waals surface area contributed by atoms with Gasteiger partial charge < -0.3 is 37.6 Å². The van der Waals surface area contributed by atoms with Gasteiger partial charge in [0.25, 0.3) is 17.9 Å². The SMILES string of the molecule is CC(C)Nc1ncc(-c2cc(N)cc(NC(=O)c3ccccc3)c2)n(CC(=O)NCc2ccc(C(=N)N)cc2)c1=O.FC(F)F.O=C(O)C(F)(F)F.O=CO. The number of rotatable bonds is 10. The molecule has 0 aliphatic rings. The first-order valence-corrected chi connectivity index (χ1v) is 15.3. The molecule has 0 aliphatic carbocycles. The molecular formula is C34H36F6N8O7. The predicted octanol–water partition coefficient (Wildman–Crippen LogP) is 4.68. The Morgan fingerprint density at radius 3 is 2.02 bits per heavy atom. The van der Waals surface area contributed by atoms with Crippen LogP contribution in [0, 0.1) is 5.41 Å². The lowest BCUT2D eigenvalue weighted by molar-refractivity contribution is -0.192. The number of aliphatic carboxylic acids is 1. The van der Waals surface area contributed by atoms with Crippen molar-refractivity contribution in [2.75, 3.05) is 16.4 Å². The van der Waals surface area contributed by atoms with Gasteiger partial charge in [-0.1, -0.05) is 42.5 Å². The van der Waals surface area contributed by atoms with Gasteiger partial charge in [0, 0.05) is 40.7 Å². The van der Waals surface area contributed by atoms with Crippen molar-refractivity contribution < 1.29 is 55.7 Å². The number of amidine groups is 1. The van der Waals surface area contributed by atoms with Gasteiger partial charge in [0.05, 0.1) is 11.9 Å². The third-order valence-corrected chi connectivity index (χ3v) is 6.32. The molecule has 0 saturated carbocycles. The van der Waals surface area contributed by atoms with Crippen molar-refractivity contribution >= 4 is 47.3 Å². The van der Waals surface area contributed by atoms with Gasteiger partial charge in [-0.3, -0.25) is 29.2 Å². The lowest BCUT2D eigenvalue weighted by Crippen LogP contribution is -2.35. The second-order valence-electron chi connectivity index (χ2n) is 10.9. The molecule has 0 atom stereocenters. The van der Waals surface area contributed by atoms with Crippen molar-refractivity contribution in [2.45, 2.75) is 45.8 Å². The minimum atomic E-state index is -5.08. The number of anilines is 3. The van der Waals surface area contributed by atoms with Crippen LogP contribution in [0.1, 0.15) is 35.3 Å². The number of carbonyl (C=O) groups excluding carboxylic acids is 2. The van der Waals surface area contributed by atoms with Gasteiger partial charge in [0.1, 0.15) is 12.4 Å². The largest absolute Gasteiger partial charge is 0.490 e. The first-order valence-electron chi connectivity index (χ1n) is 15.3. The monoisotopic (exact) mass is 782 g/mol. The van der Waals surface area contributed by atoms with Crippen molar-refractivity contribution in [1.82, 2.24) is 14.9 Å². The summed E-state index contributed by atoms with van der Waals surface area (Å²) in [6.45, 7) is -0.223. The van der Waals surface area contributed by atoms with E-state index in [1.807, 2.05) is 19.9 Å². The first kappa shape index (κ1) is 46.1. The van der Waals surface area contributed by atoms with Crippen molar-refractivity contribution in [3.8, 4) is 11.3 Å². The lowest BCUT2D eigenvalue weighted by atomic mass is 10.1. The van der Waals surface area contributed by atoms with E-state index in [4.69, 9.17) is 36.7 Å². The number of benzene rings is 3. The number of aromatic nitrogens is 2. The Morgan fingerprint density at radius 2 is 1.53 bits per heavy atom. The Kier molecular flexibility index (Phi) is 18.6. The number of hydrogen-bond donors (Lipinski definition) is 8. The van der Waals surface area contributed by atoms with E-state index in [9.17, 15) is 40.7 Å². The highest BCUT2D eigenvalue weighted by molar-refractivity contribution is 6.04. The number of amides is 2. The molecule has 0 unspecified atom stereocenters. The lowest BCUT2D eigenvalue weighted by Gasteiger charge is -2.17. The number of carboxylic acid groups (broad SMARTS) is 2. The molecule has 0 fully saturated rings. The van der Waals surface area contributed by atoms with E-state index < -0.39 is 30.3 Å². The number of nitrogen functional groups attached to an aromatic ring is 2. The molecule has 4 rings (SSSR count). The zero-order chi connectivity index (χ0) is 41.9. The van der Waals surface area contributed by atoms with Gasteiger partial charge in [-0.2, -0.15) is 26.3 Å². The predicted molar refractivity (Wildman–Crippen MR) is 190 cm³/mol. The van der Waals surface area contributed by atoms with Crippen LogP contribution in [0.15, 0.2) is 83.8 Å². The Bertz CT molecular complexity index is 1960. The summed E-state index contributed by atoms with van der Waals surface area (Å²) in [4.78, 5) is 60.8. The zero-order valence-electron chi connectivity index (χ0n) is 28.9. The number of carboxylic acids is 1. The molecule has 0 bridgehead atoms. The van der Waals surface area contributed by atoms with Crippen LogP contribution in [0.25, 0.3) is 11.3 Å². The fourth-order valence-electron chi connectivity index (χ4n) is 4.11. The highest BCUT2D eigenvalue weighted by atomic mass is 19.4. The van der Waals surface area contributed by atoms with Crippen LogP contribution in [-0.4, -0.2) is 68.8 Å². The summed E-state index contributed by atoms with van der Waals surface area (Å²) < 4.78 is 62.1. The van der Waals surface area contributed by atoms with Crippen molar-refractivity contribution in [3.05, 3.63) is 106 Å². The zero-order valence-corrected chi connectivity index (χ0v) is 28.9. The molecule has 0 saturated heterocycles. The van der Waals surface area contributed by atoms with Crippen LogP contribution in [-0.2, 0) is 27.5 Å². The molecular weight excluding hydrogens is 746 g/mol. The van der Waals surface area contributed by atoms with Gasteiger partial charge in [-0.25, -0.2) is 9.78 Å². The number of nitrogens with one attached hydrogen (secondary N) is 4. The van der Waals surface area contributed by atoms with E-state index in [0.717, 1.165) is 5.56 Å². The van der Waals surface area contributed by atoms with E-state index in [1.165, 1.54) is 10.8 Å². The van der Waals surface area contributed by atoms with Gasteiger partial charge in [0.15, 0.2) is 5.82 Å². The molecule has 55 heavy (non-hydrogen) atoms. The molecule has 0 aliphatic heterocycles. The number of nitrogens with zero attached hydrogens (tertiary/aromatic N) is 2. The van der Waals surface area contributed by atoms with Crippen molar-refractivity contribution in [2.24, 2.45) is 5.73 Å². The third kappa shape index (κ3) is 17.0. The Balaban J connectivity index is 0.000000925. The van der Waals surface area contributed by atoms with Crippen molar-refractivity contribution in [3.63, 3.8) is 0 Å². The highest BCUT2D eigenvalue weighted by Gasteiger charge is 2.38. The molecule has 0 radical (unpaired) electrons. The highest BCUT2D eigenvalue weighted by Crippen LogP contribution is 2.26. The molecule has 1 heterocycles. The standard InChI is InChI=1S/C30H32N8O3.C2HF3O2.CHF3.CH2O2/c1-18(2)36-28-30(41)38(17-26(39)34-15-19-8-10-20(11-9-19)27(32)33)25(16-35-28)22-12-23(31)14-24(13-22)37-29(40)21-6-4-3-5-7-21;3-2(4,5)1(6)7;2-1(3)4;2-1-3/h3-14,16,18H,15,17,31H2,1-2H3,(H3,32,33)(H,34,39)(H,35,36)(H,37,40);(H,6,7);1H;1H,(H,2,3). The van der Waals surface area contributed by atoms with Gasteiger partial charge in [0.2, 0.25) is 5.91 Å². The van der Waals surface area contributed by atoms with Crippen LogP contribution >= 0.6 is 0 Å². The van der Waals surface area contributed by atoms with Crippen molar-refractivity contribution in [1.29, 1.82) is 5.41 Å². The van der Waals surface area contributed by atoms with Crippen LogP contribution in [0.2, 0.25) is 0 Å². The normalized spacial score (nSPS) is 10.3. The number of carbonyl (C=O) groups is 4. The molecule has 21 heteroatoms. The quantitative estimate of drug-likeness (QED) is 0.0360.